The lowest BCUT2D eigenvalue weighted by molar-refractivity contribution is -0.135. The summed E-state index contributed by atoms with van der Waals surface area (Å²) < 4.78 is 6.05. The Balaban J connectivity index is 1.21. The smallest absolute Gasteiger partial charge is 0.228 e. The van der Waals surface area contributed by atoms with Crippen LogP contribution in [0.5, 0.6) is 5.88 Å². The van der Waals surface area contributed by atoms with Crippen LogP contribution in [0.1, 0.15) is 12.8 Å². The Bertz CT molecular complexity index is 1130. The van der Waals surface area contributed by atoms with Crippen LogP contribution in [0.15, 0.2) is 60.7 Å². The van der Waals surface area contributed by atoms with Gasteiger partial charge in [0.05, 0.1) is 18.0 Å². The van der Waals surface area contributed by atoms with E-state index in [2.05, 4.69) is 4.98 Å². The van der Waals surface area contributed by atoms with Crippen LogP contribution in [-0.2, 0) is 9.59 Å². The zero-order valence-electron chi connectivity index (χ0n) is 16.9. The van der Waals surface area contributed by atoms with Crippen molar-refractivity contribution in [2.24, 2.45) is 5.92 Å². The molecule has 0 saturated carbocycles. The number of fused-ring (bicyclic) bond motifs is 1. The fourth-order valence-corrected chi connectivity index (χ4v) is 4.44. The van der Waals surface area contributed by atoms with Crippen molar-refractivity contribution in [3.63, 3.8) is 0 Å². The lowest BCUT2D eigenvalue weighted by Gasteiger charge is -2.21. The molecule has 2 atom stereocenters. The number of halogens is 1. The summed E-state index contributed by atoms with van der Waals surface area (Å²) in [4.78, 5) is 33.6. The summed E-state index contributed by atoms with van der Waals surface area (Å²) in [6, 6.07) is 18.9. The number of rotatable bonds is 4. The third-order valence-electron chi connectivity index (χ3n) is 5.93. The van der Waals surface area contributed by atoms with E-state index in [1.807, 2.05) is 53.4 Å². The second-order valence-electron chi connectivity index (χ2n) is 8.04. The number of ether oxygens (including phenoxy) is 1. The van der Waals surface area contributed by atoms with Crippen molar-refractivity contribution in [1.82, 2.24) is 9.88 Å². The maximum Gasteiger partial charge on any atom is 0.228 e. The van der Waals surface area contributed by atoms with E-state index in [0.717, 1.165) is 23.0 Å². The van der Waals surface area contributed by atoms with Crippen LogP contribution in [0, 0.1) is 5.92 Å². The zero-order valence-corrected chi connectivity index (χ0v) is 17.7. The predicted molar refractivity (Wildman–Crippen MR) is 119 cm³/mol. The van der Waals surface area contributed by atoms with Gasteiger partial charge in [-0.3, -0.25) is 9.59 Å². The van der Waals surface area contributed by atoms with Gasteiger partial charge in [0, 0.05) is 48.1 Å². The van der Waals surface area contributed by atoms with Gasteiger partial charge in [-0.05, 0) is 36.4 Å². The van der Waals surface area contributed by atoms with Crippen molar-refractivity contribution in [3.8, 4) is 5.88 Å². The maximum absolute atomic E-state index is 13.1. The van der Waals surface area contributed by atoms with Crippen LogP contribution in [0.2, 0.25) is 5.02 Å². The highest BCUT2D eigenvalue weighted by Crippen LogP contribution is 2.29. The van der Waals surface area contributed by atoms with Gasteiger partial charge in [0.2, 0.25) is 17.7 Å². The minimum Gasteiger partial charge on any atom is -0.472 e. The number of para-hydroxylation sites is 1. The lowest BCUT2D eigenvalue weighted by Crippen LogP contribution is -2.37. The van der Waals surface area contributed by atoms with Gasteiger partial charge in [0.25, 0.3) is 0 Å². The Morgan fingerprint density at radius 2 is 1.84 bits per heavy atom. The number of carbonyl (C=O) groups is 2. The highest BCUT2D eigenvalue weighted by Gasteiger charge is 2.39. The van der Waals surface area contributed by atoms with Crippen LogP contribution >= 0.6 is 11.6 Å². The molecule has 31 heavy (non-hydrogen) atoms. The number of pyridine rings is 1. The average Bonchev–Trinajstić information content (AvgIpc) is 3.40. The summed E-state index contributed by atoms with van der Waals surface area (Å²) in [5.41, 5.74) is 1.66. The van der Waals surface area contributed by atoms with E-state index in [-0.39, 0.29) is 30.3 Å². The van der Waals surface area contributed by atoms with Crippen LogP contribution in [0.25, 0.3) is 10.9 Å². The van der Waals surface area contributed by atoms with Crippen molar-refractivity contribution in [1.29, 1.82) is 0 Å². The SMILES string of the molecule is O=C(C1CC(=O)N(c2ccc(Cl)cc2)C1)N1CCC(Oc2ccc3ccccc3n2)C1. The molecule has 0 bridgehead atoms. The summed E-state index contributed by atoms with van der Waals surface area (Å²) in [5.74, 6) is 0.221. The highest BCUT2D eigenvalue weighted by atomic mass is 35.5. The average molecular weight is 436 g/mol. The molecule has 158 valence electrons. The van der Waals surface area contributed by atoms with Gasteiger partial charge in [-0.2, -0.15) is 0 Å². The van der Waals surface area contributed by atoms with Crippen molar-refractivity contribution in [2.45, 2.75) is 18.9 Å². The molecule has 2 aromatic carbocycles. The Labute approximate surface area is 185 Å². The molecule has 2 aliphatic heterocycles. The number of amides is 2. The van der Waals surface area contributed by atoms with Crippen LogP contribution < -0.4 is 9.64 Å². The van der Waals surface area contributed by atoms with E-state index in [0.29, 0.717) is 30.5 Å². The molecular formula is C24H22ClN3O3. The molecular weight excluding hydrogens is 414 g/mol. The number of carbonyl (C=O) groups excluding carboxylic acids is 2. The van der Waals surface area contributed by atoms with E-state index in [1.165, 1.54) is 0 Å². The molecule has 7 heteroatoms. The topological polar surface area (TPSA) is 62.7 Å². The first-order valence-electron chi connectivity index (χ1n) is 10.4. The molecule has 2 unspecified atom stereocenters. The van der Waals surface area contributed by atoms with E-state index in [9.17, 15) is 9.59 Å². The fraction of sp³-hybridized carbons (Fsp3) is 0.292. The van der Waals surface area contributed by atoms with Crippen molar-refractivity contribution >= 4 is 40.0 Å². The zero-order chi connectivity index (χ0) is 21.4. The number of anilines is 1. The maximum atomic E-state index is 13.1. The summed E-state index contributed by atoms with van der Waals surface area (Å²) in [7, 11) is 0. The van der Waals surface area contributed by atoms with E-state index in [4.69, 9.17) is 16.3 Å². The first kappa shape index (κ1) is 19.8. The Kier molecular flexibility index (Phi) is 5.24. The standard InChI is InChI=1S/C24H22ClN3O3/c25-18-6-8-19(9-7-18)28-14-17(13-23(28)29)24(30)27-12-11-20(15-27)31-22-10-5-16-3-1-2-4-21(16)26-22/h1-10,17,20H,11-15H2. The summed E-state index contributed by atoms with van der Waals surface area (Å²) in [6.07, 6.45) is 0.888. The lowest BCUT2D eigenvalue weighted by atomic mass is 10.1. The minimum atomic E-state index is -0.333. The highest BCUT2D eigenvalue weighted by molar-refractivity contribution is 6.30. The first-order valence-corrected chi connectivity index (χ1v) is 10.8. The molecule has 0 N–H and O–H groups in total. The number of benzene rings is 2. The van der Waals surface area contributed by atoms with Crippen molar-refractivity contribution < 1.29 is 14.3 Å². The van der Waals surface area contributed by atoms with E-state index < -0.39 is 0 Å². The number of nitrogens with zero attached hydrogens (tertiary/aromatic N) is 3. The Hall–Kier alpha value is -3.12. The number of hydrogen-bond acceptors (Lipinski definition) is 4. The molecule has 0 spiro atoms. The second kappa shape index (κ2) is 8.19. The molecule has 2 saturated heterocycles. The third kappa shape index (κ3) is 4.08. The molecule has 0 aliphatic carbocycles. The fourth-order valence-electron chi connectivity index (χ4n) is 4.31. The van der Waals surface area contributed by atoms with Crippen LogP contribution in [-0.4, -0.2) is 47.4 Å². The number of hydrogen-bond donors (Lipinski definition) is 0. The molecule has 1 aromatic heterocycles. The summed E-state index contributed by atoms with van der Waals surface area (Å²) in [5, 5.41) is 1.68. The molecule has 3 aromatic rings. The minimum absolute atomic E-state index is 0.0161. The van der Waals surface area contributed by atoms with Gasteiger partial charge in [-0.1, -0.05) is 29.8 Å². The molecule has 2 amide bonds. The van der Waals surface area contributed by atoms with E-state index >= 15 is 0 Å². The first-order chi connectivity index (χ1) is 15.1. The molecule has 6 nitrogen and oxygen atoms in total. The Morgan fingerprint density at radius 3 is 2.68 bits per heavy atom. The normalized spacial score (nSPS) is 21.1. The monoisotopic (exact) mass is 435 g/mol. The largest absolute Gasteiger partial charge is 0.472 e. The molecule has 3 heterocycles. The van der Waals surface area contributed by atoms with Gasteiger partial charge in [-0.25, -0.2) is 4.98 Å². The number of likely N-dealkylation sites (tertiary alicyclic amines) is 1. The predicted octanol–water partition coefficient (Wildman–Crippen LogP) is 3.92. The summed E-state index contributed by atoms with van der Waals surface area (Å²) >= 11 is 5.94. The molecule has 2 aliphatic rings. The Morgan fingerprint density at radius 1 is 1.03 bits per heavy atom. The van der Waals surface area contributed by atoms with Gasteiger partial charge in [0.1, 0.15) is 6.10 Å². The quantitative estimate of drug-likeness (QED) is 0.623. The van der Waals surface area contributed by atoms with Crippen molar-refractivity contribution in [3.05, 3.63) is 65.7 Å². The van der Waals surface area contributed by atoms with Crippen molar-refractivity contribution in [2.75, 3.05) is 24.5 Å². The van der Waals surface area contributed by atoms with Gasteiger partial charge >= 0.3 is 0 Å². The molecule has 0 radical (unpaired) electrons. The summed E-state index contributed by atoms with van der Waals surface area (Å²) in [6.45, 7) is 1.54. The second-order valence-corrected chi connectivity index (χ2v) is 8.47. The third-order valence-corrected chi connectivity index (χ3v) is 6.18. The number of aromatic nitrogens is 1. The molecule has 5 rings (SSSR count). The molecule has 2 fully saturated rings. The van der Waals surface area contributed by atoms with Crippen LogP contribution in [0.3, 0.4) is 0 Å². The van der Waals surface area contributed by atoms with Gasteiger partial charge in [-0.15, -0.1) is 0 Å². The van der Waals surface area contributed by atoms with Gasteiger partial charge in [0.15, 0.2) is 0 Å². The van der Waals surface area contributed by atoms with Crippen LogP contribution in [0.4, 0.5) is 5.69 Å². The van der Waals surface area contributed by atoms with E-state index in [1.54, 1.807) is 17.0 Å². The van der Waals surface area contributed by atoms with Gasteiger partial charge < -0.3 is 14.5 Å².